The van der Waals surface area contributed by atoms with Gasteiger partial charge in [0.1, 0.15) is 4.88 Å². The Kier molecular flexibility index (Phi) is 6.66. The summed E-state index contributed by atoms with van der Waals surface area (Å²) in [5.74, 6) is 0.855. The second-order valence-corrected chi connectivity index (χ2v) is 11.3. The van der Waals surface area contributed by atoms with Gasteiger partial charge in [0.05, 0.1) is 24.3 Å². The number of esters is 2. The average molecular weight is 497 g/mol. The molecule has 0 saturated heterocycles. The van der Waals surface area contributed by atoms with E-state index in [9.17, 15) is 14.4 Å². The smallest absolute Gasteiger partial charge is 0.350 e. The lowest BCUT2D eigenvalue weighted by Crippen LogP contribution is -2.51. The molecule has 0 spiro atoms. The molecule has 4 aliphatic rings. The highest BCUT2D eigenvalue weighted by atomic mass is 32.1. The quantitative estimate of drug-likeness (QED) is 0.482. The van der Waals surface area contributed by atoms with Crippen molar-refractivity contribution in [2.75, 3.05) is 18.1 Å². The summed E-state index contributed by atoms with van der Waals surface area (Å²) in [4.78, 5) is 45.4. The Balaban J connectivity index is 1.32. The second kappa shape index (κ2) is 9.72. The summed E-state index contributed by atoms with van der Waals surface area (Å²) in [6, 6.07) is 9.57. The Morgan fingerprint density at radius 2 is 1.66 bits per heavy atom. The molecule has 0 atom stereocenters. The molecule has 0 unspecified atom stereocenters. The first-order chi connectivity index (χ1) is 16.9. The number of carbonyl (C=O) groups excluding carboxylic acids is 3. The number of rotatable bonds is 8. The van der Waals surface area contributed by atoms with Crippen LogP contribution in [0.1, 0.15) is 66.4 Å². The van der Waals surface area contributed by atoms with E-state index in [1.807, 2.05) is 30.3 Å². The molecule has 2 aromatic rings. The summed E-state index contributed by atoms with van der Waals surface area (Å²) < 4.78 is 10.8. The van der Waals surface area contributed by atoms with Crippen LogP contribution >= 0.6 is 11.3 Å². The number of hydrogen-bond donors (Lipinski definition) is 0. The molecule has 4 aliphatic carbocycles. The Bertz CT molecular complexity index is 1080. The van der Waals surface area contributed by atoms with Crippen LogP contribution in [0.5, 0.6) is 0 Å². The maximum absolute atomic E-state index is 13.4. The zero-order chi connectivity index (χ0) is 24.6. The van der Waals surface area contributed by atoms with Crippen molar-refractivity contribution in [1.29, 1.82) is 0 Å². The van der Waals surface area contributed by atoms with Gasteiger partial charge in [-0.25, -0.2) is 9.78 Å². The minimum Gasteiger partial charge on any atom is -0.462 e. The Hall–Kier alpha value is -2.74. The van der Waals surface area contributed by atoms with E-state index in [1.165, 1.54) is 24.2 Å². The molecule has 1 aromatic carbocycles. The third-order valence-electron chi connectivity index (χ3n) is 7.76. The SMILES string of the molecule is CCOC(=O)c1sc(N(Cc2ccccc2)C(=O)COC(=O)C23CC4CC(CC(C4)C2)C3)nc1C. The standard InChI is InChI=1S/C27H32N2O5S/c1-3-33-24(31)23-17(2)28-26(35-23)29(15-18-7-5-4-6-8-18)22(30)16-34-25(32)27-12-19-9-20(13-27)11-21(10-19)14-27/h4-8,19-21H,3,9-16H2,1-2H3. The van der Waals surface area contributed by atoms with E-state index in [2.05, 4.69) is 4.98 Å². The predicted octanol–water partition coefficient (Wildman–Crippen LogP) is 4.92. The van der Waals surface area contributed by atoms with E-state index in [0.29, 0.717) is 33.5 Å². The van der Waals surface area contributed by atoms with Crippen LogP contribution in [-0.4, -0.2) is 36.0 Å². The van der Waals surface area contributed by atoms with Gasteiger partial charge in [-0.1, -0.05) is 41.7 Å². The minimum atomic E-state index is -0.450. The maximum Gasteiger partial charge on any atom is 0.350 e. The summed E-state index contributed by atoms with van der Waals surface area (Å²) >= 11 is 1.12. The highest BCUT2D eigenvalue weighted by molar-refractivity contribution is 7.17. The monoisotopic (exact) mass is 496 g/mol. The molecule has 8 heteroatoms. The molecule has 4 bridgehead atoms. The highest BCUT2D eigenvalue weighted by Gasteiger charge is 2.55. The van der Waals surface area contributed by atoms with Gasteiger partial charge in [-0.2, -0.15) is 0 Å². The highest BCUT2D eigenvalue weighted by Crippen LogP contribution is 2.60. The van der Waals surface area contributed by atoms with Gasteiger partial charge in [-0.3, -0.25) is 14.5 Å². The van der Waals surface area contributed by atoms with Crippen molar-refractivity contribution in [2.24, 2.45) is 23.2 Å². The van der Waals surface area contributed by atoms with E-state index in [-0.39, 0.29) is 31.6 Å². The van der Waals surface area contributed by atoms with Gasteiger partial charge in [0.15, 0.2) is 11.7 Å². The van der Waals surface area contributed by atoms with Crippen LogP contribution < -0.4 is 4.90 Å². The summed E-state index contributed by atoms with van der Waals surface area (Å²) in [6.45, 7) is 3.67. The van der Waals surface area contributed by atoms with Crippen molar-refractivity contribution >= 4 is 34.3 Å². The molecule has 0 aliphatic heterocycles. The lowest BCUT2D eigenvalue weighted by Gasteiger charge is -2.55. The van der Waals surface area contributed by atoms with Crippen molar-refractivity contribution in [3.05, 3.63) is 46.5 Å². The second-order valence-electron chi connectivity index (χ2n) is 10.4. The number of hydrogen-bond acceptors (Lipinski definition) is 7. The maximum atomic E-state index is 13.4. The molecule has 1 heterocycles. The van der Waals surface area contributed by atoms with Crippen LogP contribution in [0.3, 0.4) is 0 Å². The van der Waals surface area contributed by atoms with Gasteiger partial charge in [0.2, 0.25) is 0 Å². The molecule has 35 heavy (non-hydrogen) atoms. The molecule has 1 amide bonds. The molecule has 4 fully saturated rings. The van der Waals surface area contributed by atoms with Crippen molar-refractivity contribution in [1.82, 2.24) is 4.98 Å². The lowest BCUT2D eigenvalue weighted by molar-refractivity contribution is -0.172. The number of nitrogens with zero attached hydrogens (tertiary/aromatic N) is 2. The van der Waals surface area contributed by atoms with Gasteiger partial charge < -0.3 is 9.47 Å². The van der Waals surface area contributed by atoms with Crippen LogP contribution in [0.15, 0.2) is 30.3 Å². The first-order valence-corrected chi connectivity index (χ1v) is 13.3. The fraction of sp³-hybridized carbons (Fsp3) is 0.556. The van der Waals surface area contributed by atoms with Crippen molar-refractivity contribution < 1.29 is 23.9 Å². The van der Waals surface area contributed by atoms with Gasteiger partial charge in [0.25, 0.3) is 5.91 Å². The number of carbonyl (C=O) groups is 3. The van der Waals surface area contributed by atoms with Crippen LogP contribution in [0, 0.1) is 30.1 Å². The summed E-state index contributed by atoms with van der Waals surface area (Å²) in [6.07, 6.45) is 6.41. The third-order valence-corrected chi connectivity index (χ3v) is 8.92. The van der Waals surface area contributed by atoms with Crippen molar-refractivity contribution in [3.63, 3.8) is 0 Å². The average Bonchev–Trinajstić information content (AvgIpc) is 3.22. The number of benzene rings is 1. The van der Waals surface area contributed by atoms with Crippen molar-refractivity contribution in [2.45, 2.75) is 58.9 Å². The number of anilines is 1. The first-order valence-electron chi connectivity index (χ1n) is 12.5. The van der Waals surface area contributed by atoms with E-state index < -0.39 is 11.4 Å². The molecular formula is C27H32N2O5S. The molecule has 4 saturated carbocycles. The Morgan fingerprint density at radius 1 is 1.03 bits per heavy atom. The molecule has 0 radical (unpaired) electrons. The number of thiazole rings is 1. The topological polar surface area (TPSA) is 85.8 Å². The molecule has 6 rings (SSSR count). The van der Waals surface area contributed by atoms with Gasteiger partial charge >= 0.3 is 11.9 Å². The van der Waals surface area contributed by atoms with E-state index in [1.54, 1.807) is 13.8 Å². The van der Waals surface area contributed by atoms with Crippen LogP contribution in [-0.2, 0) is 25.6 Å². The van der Waals surface area contributed by atoms with Gasteiger partial charge in [0, 0.05) is 0 Å². The normalized spacial score (nSPS) is 26.4. The molecule has 7 nitrogen and oxygen atoms in total. The molecular weight excluding hydrogens is 464 g/mol. The van der Waals surface area contributed by atoms with Gasteiger partial charge in [-0.15, -0.1) is 0 Å². The third kappa shape index (κ3) is 4.85. The Labute approximate surface area is 209 Å². The summed E-state index contributed by atoms with van der Waals surface area (Å²) in [5.41, 5.74) is 1.02. The minimum absolute atomic E-state index is 0.216. The largest absolute Gasteiger partial charge is 0.462 e. The molecule has 186 valence electrons. The number of ether oxygens (including phenoxy) is 2. The van der Waals surface area contributed by atoms with Crippen LogP contribution in [0.25, 0.3) is 0 Å². The van der Waals surface area contributed by atoms with Crippen LogP contribution in [0.2, 0.25) is 0 Å². The predicted molar refractivity (Wildman–Crippen MR) is 132 cm³/mol. The van der Waals surface area contributed by atoms with E-state index in [4.69, 9.17) is 9.47 Å². The molecule has 1 aromatic heterocycles. The van der Waals surface area contributed by atoms with Crippen LogP contribution in [0.4, 0.5) is 5.13 Å². The van der Waals surface area contributed by atoms with Crippen molar-refractivity contribution in [3.8, 4) is 0 Å². The fourth-order valence-electron chi connectivity index (χ4n) is 6.63. The Morgan fingerprint density at radius 3 is 2.26 bits per heavy atom. The number of amides is 1. The van der Waals surface area contributed by atoms with E-state index in [0.717, 1.165) is 36.2 Å². The summed E-state index contributed by atoms with van der Waals surface area (Å²) in [7, 11) is 0. The number of aryl methyl sites for hydroxylation is 1. The number of aromatic nitrogens is 1. The zero-order valence-electron chi connectivity index (χ0n) is 20.3. The zero-order valence-corrected chi connectivity index (χ0v) is 21.1. The summed E-state index contributed by atoms with van der Waals surface area (Å²) in [5, 5.41) is 0.394. The first kappa shape index (κ1) is 24.0. The lowest BCUT2D eigenvalue weighted by atomic mass is 9.49. The molecule has 0 N–H and O–H groups in total. The van der Waals surface area contributed by atoms with Gasteiger partial charge in [-0.05, 0) is 75.7 Å². The fourth-order valence-corrected chi connectivity index (χ4v) is 7.61. The van der Waals surface area contributed by atoms with E-state index >= 15 is 0 Å².